The van der Waals surface area contributed by atoms with Gasteiger partial charge in [-0.1, -0.05) is 94.7 Å². The summed E-state index contributed by atoms with van der Waals surface area (Å²) in [5.41, 5.74) is 0.828. The minimum Gasteiger partial charge on any atom is -0.294 e. The smallest absolute Gasteiger partial charge is 0.162 e. The lowest BCUT2D eigenvalue weighted by atomic mass is 10.0. The van der Waals surface area contributed by atoms with Crippen LogP contribution in [0.4, 0.5) is 0 Å². The molecule has 0 bridgehead atoms. The number of benzene rings is 1. The highest BCUT2D eigenvalue weighted by Crippen LogP contribution is 2.11. The Balaban J connectivity index is 1.84. The molecule has 139 valence electrons. The number of hydrogen-bond donors (Lipinski definition) is 0. The molecule has 0 atom stereocenters. The van der Waals surface area contributed by atoms with Crippen molar-refractivity contribution in [3.05, 3.63) is 48.0 Å². The summed E-state index contributed by atoms with van der Waals surface area (Å²) in [6.07, 6.45) is 22.2. The molecular formula is C24H37O. The Kier molecular flexibility index (Phi) is 14.0. The zero-order valence-electron chi connectivity index (χ0n) is 16.3. The minimum absolute atomic E-state index is 0.270. The number of ketones is 1. The summed E-state index contributed by atoms with van der Waals surface area (Å²) < 4.78 is 0. The van der Waals surface area contributed by atoms with Crippen LogP contribution in [0.5, 0.6) is 0 Å². The summed E-state index contributed by atoms with van der Waals surface area (Å²) in [6.45, 7) is 2.27. The highest BCUT2D eigenvalue weighted by molar-refractivity contribution is 5.95. The average Bonchev–Trinajstić information content (AvgIpc) is 2.65. The second kappa shape index (κ2) is 16.1. The van der Waals surface area contributed by atoms with Crippen LogP contribution in [0, 0.1) is 6.07 Å². The molecule has 1 heteroatoms. The van der Waals surface area contributed by atoms with Gasteiger partial charge < -0.3 is 0 Å². The van der Waals surface area contributed by atoms with Crippen molar-refractivity contribution in [2.75, 3.05) is 0 Å². The molecule has 0 aliphatic carbocycles. The summed E-state index contributed by atoms with van der Waals surface area (Å²) in [6, 6.07) is 10.3. The lowest BCUT2D eigenvalue weighted by Gasteiger charge is -2.01. The maximum atomic E-state index is 12.0. The summed E-state index contributed by atoms with van der Waals surface area (Å²) in [7, 11) is 0. The Morgan fingerprint density at radius 2 is 1.32 bits per heavy atom. The SMILES string of the molecule is CCCCCCCC/C=C\CCCCCCCC(=O)c1cc[c]cc1. The van der Waals surface area contributed by atoms with E-state index in [0.717, 1.165) is 12.0 Å². The van der Waals surface area contributed by atoms with Crippen molar-refractivity contribution < 1.29 is 4.79 Å². The fraction of sp³-hybridized carbons (Fsp3) is 0.625. The first kappa shape index (κ1) is 21.7. The zero-order valence-corrected chi connectivity index (χ0v) is 16.3. The number of hydrogen-bond acceptors (Lipinski definition) is 1. The fourth-order valence-electron chi connectivity index (χ4n) is 3.07. The number of rotatable bonds is 16. The second-order valence-electron chi connectivity index (χ2n) is 7.05. The molecule has 0 fully saturated rings. The first-order chi connectivity index (χ1) is 12.3. The lowest BCUT2D eigenvalue weighted by Crippen LogP contribution is -1.98. The van der Waals surface area contributed by atoms with Crippen LogP contribution in [0.15, 0.2) is 36.4 Å². The summed E-state index contributed by atoms with van der Waals surface area (Å²) >= 11 is 0. The van der Waals surface area contributed by atoms with E-state index >= 15 is 0 Å². The van der Waals surface area contributed by atoms with E-state index in [9.17, 15) is 4.79 Å². The predicted octanol–water partition coefficient (Wildman–Crippen LogP) is 7.71. The van der Waals surface area contributed by atoms with Crippen molar-refractivity contribution in [1.29, 1.82) is 0 Å². The van der Waals surface area contributed by atoms with Gasteiger partial charge in [0.2, 0.25) is 0 Å². The van der Waals surface area contributed by atoms with E-state index in [1.54, 1.807) is 0 Å². The van der Waals surface area contributed by atoms with E-state index in [1.165, 1.54) is 77.0 Å². The summed E-state index contributed by atoms with van der Waals surface area (Å²) in [5.74, 6) is 0.270. The highest BCUT2D eigenvalue weighted by atomic mass is 16.1. The Labute approximate surface area is 155 Å². The predicted molar refractivity (Wildman–Crippen MR) is 109 cm³/mol. The van der Waals surface area contributed by atoms with Crippen LogP contribution in [-0.2, 0) is 0 Å². The van der Waals surface area contributed by atoms with Gasteiger partial charge in [-0.2, -0.15) is 0 Å². The third-order valence-electron chi connectivity index (χ3n) is 4.71. The van der Waals surface area contributed by atoms with Gasteiger partial charge in [-0.15, -0.1) is 0 Å². The van der Waals surface area contributed by atoms with Crippen molar-refractivity contribution in [2.24, 2.45) is 0 Å². The molecule has 1 aromatic rings. The summed E-state index contributed by atoms with van der Waals surface area (Å²) in [4.78, 5) is 12.0. The molecule has 0 aliphatic heterocycles. The van der Waals surface area contributed by atoms with Gasteiger partial charge in [-0.3, -0.25) is 4.79 Å². The Hall–Kier alpha value is -1.37. The lowest BCUT2D eigenvalue weighted by molar-refractivity contribution is 0.0979. The number of Topliss-reactive ketones (excluding diaryl/α,β-unsaturated/α-hetero) is 1. The fourth-order valence-corrected chi connectivity index (χ4v) is 3.07. The highest BCUT2D eigenvalue weighted by Gasteiger charge is 2.03. The van der Waals surface area contributed by atoms with E-state index < -0.39 is 0 Å². The third kappa shape index (κ3) is 12.6. The molecule has 1 nitrogen and oxygen atoms in total. The van der Waals surface area contributed by atoms with Crippen molar-refractivity contribution in [2.45, 2.75) is 96.8 Å². The van der Waals surface area contributed by atoms with E-state index in [0.29, 0.717) is 6.42 Å². The van der Waals surface area contributed by atoms with Gasteiger partial charge in [0.1, 0.15) is 0 Å². The quantitative estimate of drug-likeness (QED) is 0.171. The number of carbonyl (C=O) groups excluding carboxylic acids is 1. The molecular weight excluding hydrogens is 304 g/mol. The zero-order chi connectivity index (χ0) is 18.0. The maximum absolute atomic E-state index is 12.0. The van der Waals surface area contributed by atoms with E-state index in [-0.39, 0.29) is 5.78 Å². The van der Waals surface area contributed by atoms with Gasteiger partial charge >= 0.3 is 0 Å². The molecule has 1 radical (unpaired) electrons. The average molecular weight is 342 g/mol. The minimum atomic E-state index is 0.270. The molecule has 1 aromatic carbocycles. The van der Waals surface area contributed by atoms with E-state index in [4.69, 9.17) is 0 Å². The standard InChI is InChI=1S/C24H37O/c1-2-3-4-5-6-7-8-9-10-11-12-13-14-15-19-22-24(25)23-20-17-16-18-21-23/h9-10,17-18,20-21H,2-8,11-15,19,22H2,1H3/b10-9-. The van der Waals surface area contributed by atoms with Crippen molar-refractivity contribution >= 4 is 5.78 Å². The Morgan fingerprint density at radius 1 is 0.800 bits per heavy atom. The van der Waals surface area contributed by atoms with Crippen LogP contribution in [0.25, 0.3) is 0 Å². The van der Waals surface area contributed by atoms with Crippen molar-refractivity contribution in [1.82, 2.24) is 0 Å². The first-order valence-corrected chi connectivity index (χ1v) is 10.5. The maximum Gasteiger partial charge on any atom is 0.162 e. The topological polar surface area (TPSA) is 17.1 Å². The molecule has 1 rings (SSSR count). The van der Waals surface area contributed by atoms with Gasteiger partial charge in [0.05, 0.1) is 0 Å². The molecule has 0 aromatic heterocycles. The van der Waals surface area contributed by atoms with Crippen LogP contribution in [0.2, 0.25) is 0 Å². The van der Waals surface area contributed by atoms with Crippen LogP contribution in [-0.4, -0.2) is 5.78 Å². The third-order valence-corrected chi connectivity index (χ3v) is 4.71. The second-order valence-corrected chi connectivity index (χ2v) is 7.05. The Bertz CT molecular complexity index is 446. The van der Waals surface area contributed by atoms with Crippen LogP contribution in [0.3, 0.4) is 0 Å². The first-order valence-electron chi connectivity index (χ1n) is 10.5. The molecule has 0 saturated heterocycles. The van der Waals surface area contributed by atoms with Gasteiger partial charge in [0.15, 0.2) is 5.78 Å². The number of unbranched alkanes of at least 4 members (excludes halogenated alkanes) is 11. The Morgan fingerprint density at radius 3 is 1.92 bits per heavy atom. The normalized spacial score (nSPS) is 11.2. The van der Waals surface area contributed by atoms with Gasteiger partial charge in [0.25, 0.3) is 0 Å². The van der Waals surface area contributed by atoms with Crippen LogP contribution < -0.4 is 0 Å². The van der Waals surface area contributed by atoms with Crippen LogP contribution in [0.1, 0.15) is 107 Å². The molecule has 0 heterocycles. The monoisotopic (exact) mass is 341 g/mol. The van der Waals surface area contributed by atoms with E-state index in [2.05, 4.69) is 25.1 Å². The molecule has 0 aliphatic rings. The number of allylic oxidation sites excluding steroid dienone is 2. The van der Waals surface area contributed by atoms with Crippen molar-refractivity contribution in [3.8, 4) is 0 Å². The molecule has 0 unspecified atom stereocenters. The molecule has 0 saturated carbocycles. The molecule has 0 spiro atoms. The number of carbonyl (C=O) groups is 1. The molecule has 0 amide bonds. The van der Waals surface area contributed by atoms with Gasteiger partial charge in [0, 0.05) is 12.0 Å². The van der Waals surface area contributed by atoms with Crippen molar-refractivity contribution in [3.63, 3.8) is 0 Å². The molecule has 25 heavy (non-hydrogen) atoms. The van der Waals surface area contributed by atoms with E-state index in [1.807, 2.05) is 24.3 Å². The van der Waals surface area contributed by atoms with Gasteiger partial charge in [-0.25, -0.2) is 0 Å². The largest absolute Gasteiger partial charge is 0.294 e. The summed E-state index contributed by atoms with van der Waals surface area (Å²) in [5, 5.41) is 0. The van der Waals surface area contributed by atoms with Crippen LogP contribution >= 0.6 is 0 Å². The van der Waals surface area contributed by atoms with Gasteiger partial charge in [-0.05, 0) is 38.2 Å². The molecule has 0 N–H and O–H groups in total.